The van der Waals surface area contributed by atoms with Gasteiger partial charge in [-0.15, -0.1) is 0 Å². The van der Waals surface area contributed by atoms with Crippen LogP contribution in [0.1, 0.15) is 10.4 Å². The maximum atomic E-state index is 13.7. The molecule has 0 aliphatic carbocycles. The second-order valence-corrected chi connectivity index (χ2v) is 4.59. The first kappa shape index (κ1) is 13.9. The second-order valence-electron chi connectivity index (χ2n) is 4.59. The Kier molecular flexibility index (Phi) is 3.42. The number of aromatic nitrogens is 1. The van der Waals surface area contributed by atoms with Crippen molar-refractivity contribution in [2.75, 3.05) is 5.32 Å². The monoisotopic (exact) mass is 300 g/mol. The van der Waals surface area contributed by atoms with E-state index in [0.717, 1.165) is 12.1 Å². The van der Waals surface area contributed by atoms with E-state index in [9.17, 15) is 18.7 Å². The van der Waals surface area contributed by atoms with Crippen LogP contribution in [0.15, 0.2) is 48.7 Å². The number of carbonyl (C=O) groups is 1. The van der Waals surface area contributed by atoms with Crippen LogP contribution < -0.4 is 5.32 Å². The zero-order valence-corrected chi connectivity index (χ0v) is 11.2. The lowest BCUT2D eigenvalue weighted by molar-refractivity contribution is 0.0699. The SMILES string of the molecule is O=C(O)c1cccc2ccnc(Nc3c(F)cccc3F)c12. The summed E-state index contributed by atoms with van der Waals surface area (Å²) in [4.78, 5) is 15.4. The molecule has 22 heavy (non-hydrogen) atoms. The molecular formula is C16H10F2N2O2. The Morgan fingerprint density at radius 2 is 1.73 bits per heavy atom. The number of pyridine rings is 1. The molecule has 0 unspecified atom stereocenters. The molecule has 110 valence electrons. The molecule has 0 bridgehead atoms. The number of hydrogen-bond acceptors (Lipinski definition) is 3. The van der Waals surface area contributed by atoms with Crippen molar-refractivity contribution in [3.63, 3.8) is 0 Å². The Hall–Kier alpha value is -3.02. The molecule has 2 N–H and O–H groups in total. The number of halogens is 2. The van der Waals surface area contributed by atoms with Crippen LogP contribution in [0.25, 0.3) is 10.8 Å². The Labute approximate surface area is 124 Å². The molecule has 1 heterocycles. The predicted octanol–water partition coefficient (Wildman–Crippen LogP) is 3.95. The van der Waals surface area contributed by atoms with Gasteiger partial charge in [0.25, 0.3) is 0 Å². The van der Waals surface area contributed by atoms with E-state index < -0.39 is 17.6 Å². The zero-order chi connectivity index (χ0) is 15.7. The summed E-state index contributed by atoms with van der Waals surface area (Å²) in [6, 6.07) is 9.80. The highest BCUT2D eigenvalue weighted by Crippen LogP contribution is 2.29. The average molecular weight is 300 g/mol. The maximum Gasteiger partial charge on any atom is 0.336 e. The number of carboxylic acid groups (broad SMARTS) is 1. The Morgan fingerprint density at radius 3 is 2.41 bits per heavy atom. The molecule has 3 rings (SSSR count). The summed E-state index contributed by atoms with van der Waals surface area (Å²) in [6.07, 6.45) is 1.44. The van der Waals surface area contributed by atoms with Crippen molar-refractivity contribution in [3.05, 3.63) is 65.9 Å². The van der Waals surface area contributed by atoms with Crippen LogP contribution in [-0.4, -0.2) is 16.1 Å². The van der Waals surface area contributed by atoms with Gasteiger partial charge in [0.2, 0.25) is 0 Å². The van der Waals surface area contributed by atoms with Gasteiger partial charge in [0.1, 0.15) is 23.1 Å². The third kappa shape index (κ3) is 2.35. The summed E-state index contributed by atoms with van der Waals surface area (Å²) >= 11 is 0. The fourth-order valence-electron chi connectivity index (χ4n) is 2.24. The van der Waals surface area contributed by atoms with Gasteiger partial charge < -0.3 is 10.4 Å². The molecular weight excluding hydrogens is 290 g/mol. The molecule has 1 aromatic heterocycles. The van der Waals surface area contributed by atoms with E-state index in [0.29, 0.717) is 10.8 Å². The molecule has 0 amide bonds. The van der Waals surface area contributed by atoms with Crippen molar-refractivity contribution in [2.45, 2.75) is 0 Å². The molecule has 0 radical (unpaired) electrons. The van der Waals surface area contributed by atoms with Crippen molar-refractivity contribution in [1.82, 2.24) is 4.98 Å². The van der Waals surface area contributed by atoms with E-state index >= 15 is 0 Å². The van der Waals surface area contributed by atoms with Gasteiger partial charge in [0.05, 0.1) is 5.56 Å². The van der Waals surface area contributed by atoms with E-state index in [1.165, 1.54) is 18.3 Å². The molecule has 0 aliphatic rings. The van der Waals surface area contributed by atoms with Gasteiger partial charge in [-0.3, -0.25) is 0 Å². The highest BCUT2D eigenvalue weighted by atomic mass is 19.1. The highest BCUT2D eigenvalue weighted by molar-refractivity contribution is 6.08. The number of carboxylic acids is 1. The number of para-hydroxylation sites is 1. The zero-order valence-electron chi connectivity index (χ0n) is 11.2. The molecule has 0 aliphatic heterocycles. The number of aromatic carboxylic acids is 1. The van der Waals surface area contributed by atoms with Gasteiger partial charge in [0.15, 0.2) is 0 Å². The Bertz CT molecular complexity index is 856. The van der Waals surface area contributed by atoms with Crippen LogP contribution in [-0.2, 0) is 0 Å². The lowest BCUT2D eigenvalue weighted by Gasteiger charge is -2.12. The standard InChI is InChI=1S/C16H10F2N2O2/c17-11-5-2-6-12(18)14(11)20-15-13-9(7-8-19-15)3-1-4-10(13)16(21)22/h1-8H,(H,19,20)(H,21,22). The second kappa shape index (κ2) is 5.40. The normalized spacial score (nSPS) is 10.6. The quantitative estimate of drug-likeness (QED) is 0.768. The van der Waals surface area contributed by atoms with Crippen LogP contribution >= 0.6 is 0 Å². The molecule has 3 aromatic rings. The molecule has 0 saturated heterocycles. The number of anilines is 2. The molecule has 0 spiro atoms. The topological polar surface area (TPSA) is 62.2 Å². The first-order valence-electron chi connectivity index (χ1n) is 6.40. The van der Waals surface area contributed by atoms with E-state index in [1.54, 1.807) is 18.2 Å². The lowest BCUT2D eigenvalue weighted by Crippen LogP contribution is -2.04. The summed E-state index contributed by atoms with van der Waals surface area (Å²) in [5.74, 6) is -2.63. The fourth-order valence-corrected chi connectivity index (χ4v) is 2.24. The van der Waals surface area contributed by atoms with Crippen LogP contribution in [0.2, 0.25) is 0 Å². The van der Waals surface area contributed by atoms with Gasteiger partial charge >= 0.3 is 5.97 Å². The predicted molar refractivity (Wildman–Crippen MR) is 78.3 cm³/mol. The summed E-state index contributed by atoms with van der Waals surface area (Å²) in [5.41, 5.74) is -0.368. The Balaban J connectivity index is 2.21. The molecule has 0 atom stereocenters. The van der Waals surface area contributed by atoms with E-state index in [4.69, 9.17) is 0 Å². The maximum absolute atomic E-state index is 13.7. The molecule has 0 saturated carbocycles. The van der Waals surface area contributed by atoms with Crippen LogP contribution in [0, 0.1) is 11.6 Å². The third-order valence-electron chi connectivity index (χ3n) is 3.23. The Morgan fingerprint density at radius 1 is 1.05 bits per heavy atom. The molecule has 0 fully saturated rings. The van der Waals surface area contributed by atoms with Gasteiger partial charge in [0, 0.05) is 11.6 Å². The van der Waals surface area contributed by atoms with E-state index in [1.807, 2.05) is 0 Å². The van der Waals surface area contributed by atoms with Gasteiger partial charge in [-0.2, -0.15) is 0 Å². The summed E-state index contributed by atoms with van der Waals surface area (Å²) in [5, 5.41) is 12.7. The first-order chi connectivity index (χ1) is 10.6. The van der Waals surface area contributed by atoms with Crippen molar-refractivity contribution in [3.8, 4) is 0 Å². The van der Waals surface area contributed by atoms with Gasteiger partial charge in [-0.05, 0) is 29.7 Å². The fraction of sp³-hybridized carbons (Fsp3) is 0. The smallest absolute Gasteiger partial charge is 0.336 e. The average Bonchev–Trinajstić information content (AvgIpc) is 2.50. The van der Waals surface area contributed by atoms with Gasteiger partial charge in [-0.1, -0.05) is 18.2 Å². The summed E-state index contributed by atoms with van der Waals surface area (Å²) in [6.45, 7) is 0. The van der Waals surface area contributed by atoms with E-state index in [-0.39, 0.29) is 17.1 Å². The van der Waals surface area contributed by atoms with Crippen LogP contribution in [0.3, 0.4) is 0 Å². The number of hydrogen-bond donors (Lipinski definition) is 2. The first-order valence-corrected chi connectivity index (χ1v) is 6.40. The van der Waals surface area contributed by atoms with Crippen LogP contribution in [0.4, 0.5) is 20.3 Å². The summed E-state index contributed by atoms with van der Waals surface area (Å²) in [7, 11) is 0. The third-order valence-corrected chi connectivity index (χ3v) is 3.23. The summed E-state index contributed by atoms with van der Waals surface area (Å²) < 4.78 is 27.5. The van der Waals surface area contributed by atoms with Crippen molar-refractivity contribution in [2.24, 2.45) is 0 Å². The van der Waals surface area contributed by atoms with Crippen molar-refractivity contribution >= 4 is 28.2 Å². The largest absolute Gasteiger partial charge is 0.478 e. The lowest BCUT2D eigenvalue weighted by atomic mass is 10.1. The minimum absolute atomic E-state index is 0.00449. The molecule has 4 nitrogen and oxygen atoms in total. The number of nitrogens with one attached hydrogen (secondary N) is 1. The minimum Gasteiger partial charge on any atom is -0.478 e. The number of rotatable bonds is 3. The molecule has 2 aromatic carbocycles. The number of benzene rings is 2. The number of nitrogens with zero attached hydrogens (tertiary/aromatic N) is 1. The minimum atomic E-state index is -1.14. The van der Waals surface area contributed by atoms with Crippen molar-refractivity contribution < 1.29 is 18.7 Å². The highest BCUT2D eigenvalue weighted by Gasteiger charge is 2.15. The van der Waals surface area contributed by atoms with E-state index in [2.05, 4.69) is 10.3 Å². The molecule has 6 heteroatoms. The van der Waals surface area contributed by atoms with Gasteiger partial charge in [-0.25, -0.2) is 18.6 Å². The number of fused-ring (bicyclic) bond motifs is 1. The van der Waals surface area contributed by atoms with Crippen molar-refractivity contribution in [1.29, 1.82) is 0 Å². The van der Waals surface area contributed by atoms with Crippen LogP contribution in [0.5, 0.6) is 0 Å².